The molecular weight excluding hydrogens is 271 g/mol. The van der Waals surface area contributed by atoms with E-state index in [9.17, 15) is 18.0 Å². The highest BCUT2D eigenvalue weighted by atomic mass is 19.1. The minimum Gasteiger partial charge on any atom is -0.465 e. The van der Waals surface area contributed by atoms with Crippen molar-refractivity contribution < 1.29 is 22.7 Å². The van der Waals surface area contributed by atoms with Crippen molar-refractivity contribution in [1.82, 2.24) is 0 Å². The first-order valence-electron chi connectivity index (χ1n) is 5.61. The van der Waals surface area contributed by atoms with Gasteiger partial charge in [-0.3, -0.25) is 0 Å². The van der Waals surface area contributed by atoms with Crippen LogP contribution in [0.15, 0.2) is 36.4 Å². The second-order valence-electron chi connectivity index (χ2n) is 3.93. The quantitative estimate of drug-likeness (QED) is 0.873. The molecule has 0 amide bonds. The first kappa shape index (κ1) is 13.9. The topological polar surface area (TPSA) is 38.3 Å². The summed E-state index contributed by atoms with van der Waals surface area (Å²) in [5.41, 5.74) is -0.0119. The number of rotatable bonds is 3. The third-order valence-electron chi connectivity index (χ3n) is 2.59. The van der Waals surface area contributed by atoms with E-state index in [1.54, 1.807) is 0 Å². The molecule has 0 saturated carbocycles. The highest BCUT2D eigenvalue weighted by molar-refractivity contribution is 5.96. The van der Waals surface area contributed by atoms with E-state index in [1.807, 2.05) is 0 Å². The summed E-state index contributed by atoms with van der Waals surface area (Å²) in [6.45, 7) is 0. The maximum Gasteiger partial charge on any atom is 0.339 e. The van der Waals surface area contributed by atoms with Gasteiger partial charge in [0.15, 0.2) is 0 Å². The van der Waals surface area contributed by atoms with E-state index in [4.69, 9.17) is 0 Å². The Bertz CT molecular complexity index is 659. The maximum absolute atomic E-state index is 13.5. The Morgan fingerprint density at radius 1 is 1.00 bits per heavy atom. The zero-order valence-electron chi connectivity index (χ0n) is 10.4. The van der Waals surface area contributed by atoms with Crippen LogP contribution in [0.1, 0.15) is 10.4 Å². The summed E-state index contributed by atoms with van der Waals surface area (Å²) in [6, 6.07) is 6.19. The molecule has 2 rings (SSSR count). The number of benzene rings is 2. The summed E-state index contributed by atoms with van der Waals surface area (Å²) < 4.78 is 44.1. The van der Waals surface area contributed by atoms with Gasteiger partial charge in [0.1, 0.15) is 17.5 Å². The van der Waals surface area contributed by atoms with Gasteiger partial charge in [-0.25, -0.2) is 18.0 Å². The average Bonchev–Trinajstić information content (AvgIpc) is 2.41. The van der Waals surface area contributed by atoms with Gasteiger partial charge in [0, 0.05) is 6.07 Å². The van der Waals surface area contributed by atoms with E-state index in [-0.39, 0.29) is 16.9 Å². The lowest BCUT2D eigenvalue weighted by atomic mass is 10.1. The van der Waals surface area contributed by atoms with Gasteiger partial charge < -0.3 is 10.1 Å². The lowest BCUT2D eigenvalue weighted by Gasteiger charge is -2.11. The number of hydrogen-bond acceptors (Lipinski definition) is 3. The zero-order chi connectivity index (χ0) is 14.7. The van der Waals surface area contributed by atoms with Gasteiger partial charge in [0.05, 0.1) is 24.0 Å². The predicted molar refractivity (Wildman–Crippen MR) is 67.4 cm³/mol. The Hall–Kier alpha value is -2.50. The average molecular weight is 281 g/mol. The molecule has 20 heavy (non-hydrogen) atoms. The summed E-state index contributed by atoms with van der Waals surface area (Å²) in [7, 11) is 1.17. The molecular formula is C14H10F3NO2. The zero-order valence-corrected chi connectivity index (χ0v) is 10.4. The van der Waals surface area contributed by atoms with Crippen molar-refractivity contribution in [3.8, 4) is 0 Å². The summed E-state index contributed by atoms with van der Waals surface area (Å²) in [5, 5.41) is 2.54. The number of halogens is 3. The molecule has 0 aromatic heterocycles. The number of esters is 1. The van der Waals surface area contributed by atoms with Crippen molar-refractivity contribution in [2.75, 3.05) is 12.4 Å². The Balaban J connectivity index is 2.41. The fourth-order valence-electron chi connectivity index (χ4n) is 1.64. The maximum atomic E-state index is 13.5. The Morgan fingerprint density at radius 3 is 2.30 bits per heavy atom. The van der Waals surface area contributed by atoms with Crippen molar-refractivity contribution in [2.24, 2.45) is 0 Å². The van der Waals surface area contributed by atoms with Crippen LogP contribution in [0, 0.1) is 17.5 Å². The SMILES string of the molecule is COC(=O)c1ccc(F)cc1Nc1ccc(F)cc1F. The van der Waals surface area contributed by atoms with Crippen LogP contribution in [-0.2, 0) is 4.74 Å². The van der Waals surface area contributed by atoms with Gasteiger partial charge in [0.2, 0.25) is 0 Å². The van der Waals surface area contributed by atoms with E-state index < -0.39 is 23.4 Å². The van der Waals surface area contributed by atoms with E-state index in [1.165, 1.54) is 13.2 Å². The summed E-state index contributed by atoms with van der Waals surface area (Å²) in [5.74, 6) is -2.90. The highest BCUT2D eigenvalue weighted by Gasteiger charge is 2.14. The molecule has 0 aliphatic carbocycles. The van der Waals surface area contributed by atoms with Crippen molar-refractivity contribution in [3.63, 3.8) is 0 Å². The third-order valence-corrected chi connectivity index (χ3v) is 2.59. The fraction of sp³-hybridized carbons (Fsp3) is 0.0714. The van der Waals surface area contributed by atoms with E-state index >= 15 is 0 Å². The van der Waals surface area contributed by atoms with Gasteiger partial charge >= 0.3 is 5.97 Å². The van der Waals surface area contributed by atoms with Crippen LogP contribution < -0.4 is 5.32 Å². The first-order valence-corrected chi connectivity index (χ1v) is 5.61. The van der Waals surface area contributed by atoms with E-state index in [0.717, 1.165) is 24.3 Å². The molecule has 0 heterocycles. The van der Waals surface area contributed by atoms with E-state index in [2.05, 4.69) is 10.1 Å². The second-order valence-corrected chi connectivity index (χ2v) is 3.93. The molecule has 0 radical (unpaired) electrons. The molecule has 2 aromatic rings. The van der Waals surface area contributed by atoms with Crippen LogP contribution in [0.4, 0.5) is 24.5 Å². The fourth-order valence-corrected chi connectivity index (χ4v) is 1.64. The van der Waals surface area contributed by atoms with Crippen LogP contribution in [0.2, 0.25) is 0 Å². The molecule has 0 unspecified atom stereocenters. The monoisotopic (exact) mass is 281 g/mol. The van der Waals surface area contributed by atoms with Crippen LogP contribution in [-0.4, -0.2) is 13.1 Å². The lowest BCUT2D eigenvalue weighted by molar-refractivity contribution is 0.0602. The molecule has 3 nitrogen and oxygen atoms in total. The molecule has 0 spiro atoms. The van der Waals surface area contributed by atoms with E-state index in [0.29, 0.717) is 6.07 Å². The van der Waals surface area contributed by atoms with Crippen LogP contribution in [0.5, 0.6) is 0 Å². The summed E-state index contributed by atoms with van der Waals surface area (Å²) >= 11 is 0. The molecule has 6 heteroatoms. The number of nitrogens with one attached hydrogen (secondary N) is 1. The number of carbonyl (C=O) groups excluding carboxylic acids is 1. The van der Waals surface area contributed by atoms with Gasteiger partial charge in [0.25, 0.3) is 0 Å². The smallest absolute Gasteiger partial charge is 0.339 e. The standard InChI is InChI=1S/C14H10F3NO2/c1-20-14(19)10-4-2-9(16)7-13(10)18-12-5-3-8(15)6-11(12)17/h2-7,18H,1H3. The van der Waals surface area contributed by atoms with Crippen LogP contribution in [0.25, 0.3) is 0 Å². The van der Waals surface area contributed by atoms with Crippen LogP contribution in [0.3, 0.4) is 0 Å². The van der Waals surface area contributed by atoms with Gasteiger partial charge in [-0.2, -0.15) is 0 Å². The molecule has 0 saturated heterocycles. The molecule has 104 valence electrons. The first-order chi connectivity index (χ1) is 9.51. The second kappa shape index (κ2) is 5.64. The lowest BCUT2D eigenvalue weighted by Crippen LogP contribution is -2.06. The summed E-state index contributed by atoms with van der Waals surface area (Å²) in [4.78, 5) is 11.5. The predicted octanol–water partition coefficient (Wildman–Crippen LogP) is 3.63. The number of anilines is 2. The molecule has 2 aromatic carbocycles. The van der Waals surface area contributed by atoms with Gasteiger partial charge in [-0.1, -0.05) is 0 Å². The molecule has 0 bridgehead atoms. The largest absolute Gasteiger partial charge is 0.465 e. The van der Waals surface area contributed by atoms with Gasteiger partial charge in [-0.05, 0) is 30.3 Å². The molecule has 1 N–H and O–H groups in total. The molecule has 0 aliphatic heterocycles. The minimum atomic E-state index is -0.856. The number of carbonyl (C=O) groups is 1. The van der Waals surface area contributed by atoms with Crippen molar-refractivity contribution in [3.05, 3.63) is 59.4 Å². The van der Waals surface area contributed by atoms with Crippen molar-refractivity contribution in [1.29, 1.82) is 0 Å². The minimum absolute atomic E-state index is 0.0300. The number of hydrogen-bond donors (Lipinski definition) is 1. The normalized spacial score (nSPS) is 10.2. The number of methoxy groups -OCH3 is 1. The van der Waals surface area contributed by atoms with Gasteiger partial charge in [-0.15, -0.1) is 0 Å². The Labute approximate surface area is 113 Å². The highest BCUT2D eigenvalue weighted by Crippen LogP contribution is 2.25. The Kier molecular flexibility index (Phi) is 3.93. The summed E-state index contributed by atoms with van der Waals surface area (Å²) in [6.07, 6.45) is 0. The molecule has 0 fully saturated rings. The van der Waals surface area contributed by atoms with Crippen molar-refractivity contribution >= 4 is 17.3 Å². The molecule has 0 atom stereocenters. The van der Waals surface area contributed by atoms with Crippen molar-refractivity contribution in [2.45, 2.75) is 0 Å². The molecule has 0 aliphatic rings. The Morgan fingerprint density at radius 2 is 1.65 bits per heavy atom. The third kappa shape index (κ3) is 2.90. The number of ether oxygens (including phenoxy) is 1. The van der Waals surface area contributed by atoms with Crippen LogP contribution >= 0.6 is 0 Å².